The smallest absolute Gasteiger partial charge is 0.179 e. The first-order valence-electron chi connectivity index (χ1n) is 6.75. The van der Waals surface area contributed by atoms with E-state index < -0.39 is 10.9 Å². The van der Waals surface area contributed by atoms with Gasteiger partial charge in [-0.25, -0.2) is 8.78 Å². The van der Waals surface area contributed by atoms with E-state index in [0.717, 1.165) is 21.8 Å². The normalized spacial score (nSPS) is 12.2. The lowest BCUT2D eigenvalue weighted by Crippen LogP contribution is -2.07. The zero-order valence-corrected chi connectivity index (χ0v) is 16.9. The Labute approximate surface area is 163 Å². The second kappa shape index (κ2) is 7.48. The number of hydrogen-bond donors (Lipinski definition) is 0. The SMILES string of the molecule is Fc1ccc([S+](c2cccc(F)c2)c2ccc(I)cc2I)cc1. The molecule has 0 bridgehead atoms. The average molecular weight is 551 g/mol. The maximum atomic E-state index is 13.7. The van der Waals surface area contributed by atoms with Crippen molar-refractivity contribution in [3.63, 3.8) is 0 Å². The van der Waals surface area contributed by atoms with Crippen LogP contribution in [0, 0.1) is 18.8 Å². The molecule has 0 aliphatic carbocycles. The molecule has 0 aliphatic rings. The number of benzene rings is 3. The standard InChI is InChI=1S/C18H11F2I2S/c19-12-4-7-15(8-5-12)23(16-3-1-2-13(20)10-16)18-9-6-14(21)11-17(18)22/h1-11H/q+1. The second-order valence-corrected chi connectivity index (χ2v) is 9.20. The van der Waals surface area contributed by atoms with Crippen LogP contribution in [-0.4, -0.2) is 0 Å². The molecule has 0 fully saturated rings. The minimum atomic E-state index is -0.471. The fourth-order valence-electron chi connectivity index (χ4n) is 2.20. The number of halogens is 4. The molecule has 0 aliphatic heterocycles. The molecule has 0 amide bonds. The van der Waals surface area contributed by atoms with Crippen molar-refractivity contribution in [1.82, 2.24) is 0 Å². The van der Waals surface area contributed by atoms with Crippen molar-refractivity contribution in [3.8, 4) is 0 Å². The highest BCUT2D eigenvalue weighted by molar-refractivity contribution is 14.1. The van der Waals surface area contributed by atoms with Crippen molar-refractivity contribution < 1.29 is 8.78 Å². The topological polar surface area (TPSA) is 0 Å². The van der Waals surface area contributed by atoms with Gasteiger partial charge in [-0.2, -0.15) is 0 Å². The van der Waals surface area contributed by atoms with E-state index in [0.29, 0.717) is 0 Å². The van der Waals surface area contributed by atoms with E-state index >= 15 is 0 Å². The molecule has 0 spiro atoms. The molecular formula is C18H11F2I2S+. The molecular weight excluding hydrogens is 540 g/mol. The quantitative estimate of drug-likeness (QED) is 0.266. The van der Waals surface area contributed by atoms with Crippen LogP contribution < -0.4 is 0 Å². The van der Waals surface area contributed by atoms with Crippen molar-refractivity contribution in [3.05, 3.63) is 85.5 Å². The Bertz CT molecular complexity index is 835. The van der Waals surface area contributed by atoms with Gasteiger partial charge in [-0.15, -0.1) is 0 Å². The highest BCUT2D eigenvalue weighted by Crippen LogP contribution is 2.34. The summed E-state index contributed by atoms with van der Waals surface area (Å²) in [6, 6.07) is 19.3. The van der Waals surface area contributed by atoms with Gasteiger partial charge in [-0.05, 0) is 99.8 Å². The summed E-state index contributed by atoms with van der Waals surface area (Å²) in [5.74, 6) is -0.531. The second-order valence-electron chi connectivity index (χ2n) is 4.79. The van der Waals surface area contributed by atoms with E-state index in [1.165, 1.54) is 18.2 Å². The molecule has 0 N–H and O–H groups in total. The molecule has 0 nitrogen and oxygen atoms in total. The highest BCUT2D eigenvalue weighted by atomic mass is 127. The van der Waals surface area contributed by atoms with Crippen molar-refractivity contribution in [2.75, 3.05) is 0 Å². The molecule has 0 saturated heterocycles. The summed E-state index contributed by atoms with van der Waals surface area (Å²) < 4.78 is 29.3. The molecule has 23 heavy (non-hydrogen) atoms. The summed E-state index contributed by atoms with van der Waals surface area (Å²) >= 11 is 4.58. The van der Waals surface area contributed by atoms with Crippen molar-refractivity contribution >= 4 is 56.1 Å². The number of hydrogen-bond acceptors (Lipinski definition) is 0. The number of rotatable bonds is 3. The Morgan fingerprint density at radius 2 is 1.43 bits per heavy atom. The lowest BCUT2D eigenvalue weighted by atomic mass is 10.3. The molecule has 0 saturated carbocycles. The Balaban J connectivity index is 2.19. The van der Waals surface area contributed by atoms with Crippen LogP contribution in [0.4, 0.5) is 8.78 Å². The zero-order chi connectivity index (χ0) is 16.4. The maximum absolute atomic E-state index is 13.7. The van der Waals surface area contributed by atoms with E-state index in [1.54, 1.807) is 24.3 Å². The van der Waals surface area contributed by atoms with Gasteiger partial charge in [0.15, 0.2) is 14.7 Å². The Kier molecular flexibility index (Phi) is 5.58. The molecule has 3 aromatic carbocycles. The summed E-state index contributed by atoms with van der Waals surface area (Å²) in [5.41, 5.74) is 0. The van der Waals surface area contributed by atoms with Gasteiger partial charge in [0.2, 0.25) is 0 Å². The molecule has 5 heteroatoms. The maximum Gasteiger partial charge on any atom is 0.179 e. The molecule has 3 rings (SSSR count). The first-order valence-corrected chi connectivity index (χ1v) is 10.1. The minimum Gasteiger partial charge on any atom is -0.207 e. The Morgan fingerprint density at radius 1 is 0.696 bits per heavy atom. The van der Waals surface area contributed by atoms with Crippen molar-refractivity contribution in [2.24, 2.45) is 0 Å². The van der Waals surface area contributed by atoms with Gasteiger partial charge in [0.25, 0.3) is 0 Å². The first kappa shape index (κ1) is 17.2. The summed E-state index contributed by atoms with van der Waals surface area (Å²) in [7, 11) is -0.471. The molecule has 0 aromatic heterocycles. The third-order valence-corrected chi connectivity index (χ3v) is 7.39. The fourth-order valence-corrected chi connectivity index (χ4v) is 6.55. The Morgan fingerprint density at radius 3 is 2.09 bits per heavy atom. The molecule has 1 atom stereocenters. The van der Waals surface area contributed by atoms with Crippen molar-refractivity contribution in [2.45, 2.75) is 14.7 Å². The predicted molar refractivity (Wildman–Crippen MR) is 107 cm³/mol. The Hall–Kier alpha value is -0.670. The van der Waals surface area contributed by atoms with Crippen LogP contribution in [0.5, 0.6) is 0 Å². The van der Waals surface area contributed by atoms with Crippen LogP contribution in [0.15, 0.2) is 81.4 Å². The summed E-state index contributed by atoms with van der Waals surface area (Å²) in [5, 5.41) is 0. The summed E-state index contributed by atoms with van der Waals surface area (Å²) in [6.07, 6.45) is 0. The van der Waals surface area contributed by atoms with Crippen LogP contribution in [0.25, 0.3) is 0 Å². The predicted octanol–water partition coefficient (Wildman–Crippen LogP) is 6.27. The van der Waals surface area contributed by atoms with Gasteiger partial charge in [0.1, 0.15) is 22.5 Å². The average Bonchev–Trinajstić information content (AvgIpc) is 2.51. The third-order valence-electron chi connectivity index (χ3n) is 3.19. The van der Waals surface area contributed by atoms with E-state index in [2.05, 4.69) is 57.3 Å². The van der Waals surface area contributed by atoms with Gasteiger partial charge in [-0.1, -0.05) is 6.07 Å². The van der Waals surface area contributed by atoms with Gasteiger partial charge in [-0.3, -0.25) is 0 Å². The monoisotopic (exact) mass is 551 g/mol. The molecule has 1 unspecified atom stereocenters. The van der Waals surface area contributed by atoms with Crippen LogP contribution in [0.3, 0.4) is 0 Å². The van der Waals surface area contributed by atoms with E-state index in [9.17, 15) is 8.78 Å². The van der Waals surface area contributed by atoms with Gasteiger partial charge < -0.3 is 0 Å². The third kappa shape index (κ3) is 4.06. The largest absolute Gasteiger partial charge is 0.207 e. The van der Waals surface area contributed by atoms with Gasteiger partial charge in [0.05, 0.1) is 3.57 Å². The molecule has 0 radical (unpaired) electrons. The first-order chi connectivity index (χ1) is 11.0. The molecule has 116 valence electrons. The van der Waals surface area contributed by atoms with Crippen LogP contribution in [-0.2, 0) is 10.9 Å². The summed E-state index contributed by atoms with van der Waals surface area (Å²) in [4.78, 5) is 2.97. The molecule has 3 aromatic rings. The van der Waals surface area contributed by atoms with Gasteiger partial charge in [0, 0.05) is 9.64 Å². The highest BCUT2D eigenvalue weighted by Gasteiger charge is 2.31. The summed E-state index contributed by atoms with van der Waals surface area (Å²) in [6.45, 7) is 0. The van der Waals surface area contributed by atoms with E-state index in [-0.39, 0.29) is 11.6 Å². The van der Waals surface area contributed by atoms with Crippen LogP contribution in [0.1, 0.15) is 0 Å². The van der Waals surface area contributed by atoms with Crippen molar-refractivity contribution in [1.29, 1.82) is 0 Å². The van der Waals surface area contributed by atoms with Crippen LogP contribution in [0.2, 0.25) is 0 Å². The van der Waals surface area contributed by atoms with Crippen LogP contribution >= 0.6 is 45.2 Å². The molecule has 0 heterocycles. The lowest BCUT2D eigenvalue weighted by molar-refractivity contribution is 0.623. The fraction of sp³-hybridized carbons (Fsp3) is 0. The zero-order valence-electron chi connectivity index (χ0n) is 11.8. The lowest BCUT2D eigenvalue weighted by Gasteiger charge is -2.10. The van der Waals surface area contributed by atoms with E-state index in [1.807, 2.05) is 12.1 Å². The van der Waals surface area contributed by atoms with E-state index in [4.69, 9.17) is 0 Å². The minimum absolute atomic E-state index is 0.261. The van der Waals surface area contributed by atoms with Gasteiger partial charge >= 0.3 is 0 Å².